The first-order chi connectivity index (χ1) is 8.19. The zero-order valence-corrected chi connectivity index (χ0v) is 10.6. The summed E-state index contributed by atoms with van der Waals surface area (Å²) in [6.45, 7) is 1.98. The second kappa shape index (κ2) is 5.33. The van der Waals surface area contributed by atoms with Crippen molar-refractivity contribution in [1.82, 2.24) is 5.43 Å². The molecule has 2 rings (SSSR count). The number of hydrogen-bond donors (Lipinski definition) is 0. The van der Waals surface area contributed by atoms with Gasteiger partial charge in [0.25, 0.3) is 5.91 Å². The molecule has 0 fully saturated rings. The fraction of sp³-hybridized carbons (Fsp3) is 0.182. The third-order valence-corrected chi connectivity index (χ3v) is 3.26. The van der Waals surface area contributed by atoms with Crippen molar-refractivity contribution in [2.24, 2.45) is 10.1 Å². The normalized spacial score (nSPS) is 16.8. The van der Waals surface area contributed by atoms with Crippen molar-refractivity contribution in [3.8, 4) is 0 Å². The van der Waals surface area contributed by atoms with Crippen molar-refractivity contribution < 1.29 is 4.79 Å². The minimum absolute atomic E-state index is 0.333. The van der Waals surface area contributed by atoms with E-state index >= 15 is 0 Å². The third kappa shape index (κ3) is 3.08. The van der Waals surface area contributed by atoms with E-state index in [9.17, 15) is 4.79 Å². The van der Waals surface area contributed by atoms with Gasteiger partial charge in [-0.25, -0.2) is 0 Å². The van der Waals surface area contributed by atoms with Crippen molar-refractivity contribution in [2.75, 3.05) is 0 Å². The van der Waals surface area contributed by atoms with Gasteiger partial charge in [0.15, 0.2) is 0 Å². The summed E-state index contributed by atoms with van der Waals surface area (Å²) in [7, 11) is 0. The standard InChI is InChI=1S/C11H9ClN3OS/c1-2-9-14-15-11(17-9)13-10(16)7-3-5-8(12)6-4-7/h3-6H,2H2,1H3. The van der Waals surface area contributed by atoms with Gasteiger partial charge in [0, 0.05) is 10.6 Å². The second-order valence-electron chi connectivity index (χ2n) is 3.26. The first-order valence-corrected chi connectivity index (χ1v) is 6.22. The molecule has 1 heterocycles. The van der Waals surface area contributed by atoms with E-state index in [2.05, 4.69) is 15.5 Å². The van der Waals surface area contributed by atoms with Crippen LogP contribution < -0.4 is 5.43 Å². The molecular formula is C11H9ClN3OS. The molecule has 0 aliphatic carbocycles. The fourth-order valence-corrected chi connectivity index (χ4v) is 1.95. The Balaban J connectivity index is 2.08. The summed E-state index contributed by atoms with van der Waals surface area (Å²) in [4.78, 5) is 15.6. The van der Waals surface area contributed by atoms with Crippen LogP contribution in [0.2, 0.25) is 5.02 Å². The molecule has 0 N–H and O–H groups in total. The molecule has 1 aromatic rings. The van der Waals surface area contributed by atoms with E-state index < -0.39 is 0 Å². The first-order valence-electron chi connectivity index (χ1n) is 5.03. The molecular weight excluding hydrogens is 258 g/mol. The van der Waals surface area contributed by atoms with Crippen molar-refractivity contribution in [3.05, 3.63) is 34.9 Å². The molecule has 0 aromatic heterocycles. The minimum atomic E-state index is -0.333. The summed E-state index contributed by atoms with van der Waals surface area (Å²) in [5.41, 5.74) is 4.31. The van der Waals surface area contributed by atoms with E-state index in [-0.39, 0.29) is 5.91 Å². The van der Waals surface area contributed by atoms with Crippen molar-refractivity contribution in [1.29, 1.82) is 0 Å². The topological polar surface area (TPSA) is 55.9 Å². The lowest BCUT2D eigenvalue weighted by molar-refractivity contribution is 0.100. The molecule has 17 heavy (non-hydrogen) atoms. The molecule has 0 bridgehead atoms. The van der Waals surface area contributed by atoms with Gasteiger partial charge >= 0.3 is 0 Å². The molecule has 6 heteroatoms. The SMILES string of the molecule is CCC1=N[N]C(=NC(=O)c2ccc(Cl)cc2)S1. The van der Waals surface area contributed by atoms with E-state index in [1.54, 1.807) is 24.3 Å². The molecule has 1 aliphatic rings. The Morgan fingerprint density at radius 2 is 2.12 bits per heavy atom. The quantitative estimate of drug-likeness (QED) is 0.826. The molecule has 4 nitrogen and oxygen atoms in total. The fourth-order valence-electron chi connectivity index (χ4n) is 1.18. The highest BCUT2D eigenvalue weighted by molar-refractivity contribution is 8.26. The Labute approximate surface area is 108 Å². The van der Waals surface area contributed by atoms with E-state index in [1.807, 2.05) is 6.92 Å². The summed E-state index contributed by atoms with van der Waals surface area (Å²) in [5.74, 6) is -0.333. The first kappa shape index (κ1) is 12.1. The summed E-state index contributed by atoms with van der Waals surface area (Å²) < 4.78 is 0. The lowest BCUT2D eigenvalue weighted by atomic mass is 10.2. The Bertz CT molecular complexity index is 496. The Morgan fingerprint density at radius 3 is 2.71 bits per heavy atom. The summed E-state index contributed by atoms with van der Waals surface area (Å²) in [6, 6.07) is 6.58. The second-order valence-corrected chi connectivity index (χ2v) is 4.73. The third-order valence-electron chi connectivity index (χ3n) is 2.05. The zero-order valence-electron chi connectivity index (χ0n) is 9.05. The lowest BCUT2D eigenvalue weighted by Gasteiger charge is -1.96. The smallest absolute Gasteiger partial charge is 0.267 e. The van der Waals surface area contributed by atoms with E-state index in [4.69, 9.17) is 11.6 Å². The van der Waals surface area contributed by atoms with Crippen LogP contribution in [0.5, 0.6) is 0 Å². The maximum Gasteiger partial charge on any atom is 0.279 e. The van der Waals surface area contributed by atoms with Crippen LogP contribution in [-0.2, 0) is 0 Å². The molecule has 87 valence electrons. The number of carbonyl (C=O) groups is 1. The monoisotopic (exact) mass is 266 g/mol. The number of nitrogens with zero attached hydrogens (tertiary/aromatic N) is 3. The van der Waals surface area contributed by atoms with Crippen LogP contribution in [0.1, 0.15) is 23.7 Å². The molecule has 0 atom stereocenters. The maximum absolute atomic E-state index is 11.8. The van der Waals surface area contributed by atoms with Crippen molar-refractivity contribution in [2.45, 2.75) is 13.3 Å². The number of hydrogen-bond acceptors (Lipinski definition) is 3. The largest absolute Gasteiger partial charge is 0.279 e. The summed E-state index contributed by atoms with van der Waals surface area (Å²) in [6.07, 6.45) is 0.794. The van der Waals surface area contributed by atoms with Crippen LogP contribution in [0.3, 0.4) is 0 Å². The van der Waals surface area contributed by atoms with Gasteiger partial charge in [0.1, 0.15) is 5.04 Å². The number of amides is 1. The minimum Gasteiger partial charge on any atom is -0.267 e. The molecule has 0 saturated carbocycles. The lowest BCUT2D eigenvalue weighted by Crippen LogP contribution is -2.04. The van der Waals surface area contributed by atoms with Crippen LogP contribution >= 0.6 is 23.4 Å². The number of halogens is 1. The van der Waals surface area contributed by atoms with Crippen LogP contribution in [0, 0.1) is 0 Å². The van der Waals surface area contributed by atoms with Gasteiger partial charge in [-0.05, 0) is 42.4 Å². The highest BCUT2D eigenvalue weighted by Gasteiger charge is 2.16. The maximum atomic E-state index is 11.8. The van der Waals surface area contributed by atoms with Crippen molar-refractivity contribution in [3.63, 3.8) is 0 Å². The number of benzene rings is 1. The average molecular weight is 267 g/mol. The average Bonchev–Trinajstić information content (AvgIpc) is 2.77. The number of carbonyl (C=O) groups excluding carboxylic acids is 1. The Morgan fingerprint density at radius 1 is 1.41 bits per heavy atom. The van der Waals surface area contributed by atoms with Crippen LogP contribution in [-0.4, -0.2) is 16.1 Å². The Kier molecular flexibility index (Phi) is 3.81. The summed E-state index contributed by atoms with van der Waals surface area (Å²) in [5, 5.41) is 5.74. The number of rotatable bonds is 2. The van der Waals surface area contributed by atoms with Gasteiger partial charge in [0.05, 0.1) is 0 Å². The molecule has 0 saturated heterocycles. The molecule has 0 spiro atoms. The van der Waals surface area contributed by atoms with E-state index in [1.165, 1.54) is 11.8 Å². The predicted molar refractivity (Wildman–Crippen MR) is 70.7 cm³/mol. The van der Waals surface area contributed by atoms with Crippen LogP contribution in [0.15, 0.2) is 34.4 Å². The molecule has 0 unspecified atom stereocenters. The van der Waals surface area contributed by atoms with E-state index in [0.29, 0.717) is 15.8 Å². The highest BCUT2D eigenvalue weighted by atomic mass is 35.5. The number of amidine groups is 1. The Hall–Kier alpha value is -1.33. The van der Waals surface area contributed by atoms with E-state index in [0.717, 1.165) is 11.5 Å². The molecule has 1 amide bonds. The van der Waals surface area contributed by atoms with Gasteiger partial charge < -0.3 is 0 Å². The molecule has 1 aliphatic heterocycles. The molecule has 1 aromatic carbocycles. The highest BCUT2D eigenvalue weighted by Crippen LogP contribution is 2.17. The van der Waals surface area contributed by atoms with Crippen molar-refractivity contribution >= 4 is 39.5 Å². The van der Waals surface area contributed by atoms with Crippen LogP contribution in [0.25, 0.3) is 0 Å². The van der Waals surface area contributed by atoms with Gasteiger partial charge in [-0.1, -0.05) is 18.5 Å². The predicted octanol–water partition coefficient (Wildman–Crippen LogP) is 2.91. The van der Waals surface area contributed by atoms with Gasteiger partial charge in [0.2, 0.25) is 5.17 Å². The van der Waals surface area contributed by atoms with Gasteiger partial charge in [-0.3, -0.25) is 4.79 Å². The number of aliphatic imine (C=N–C) groups is 1. The summed E-state index contributed by atoms with van der Waals surface area (Å²) >= 11 is 7.06. The molecule has 1 radical (unpaired) electrons. The number of thioether (sulfide) groups is 1. The van der Waals surface area contributed by atoms with Gasteiger partial charge in [-0.2, -0.15) is 4.99 Å². The van der Waals surface area contributed by atoms with Gasteiger partial charge in [-0.15, -0.1) is 10.5 Å². The zero-order chi connectivity index (χ0) is 12.3. The van der Waals surface area contributed by atoms with Crippen LogP contribution in [0.4, 0.5) is 0 Å².